The number of ether oxygens (including phenoxy) is 1. The summed E-state index contributed by atoms with van der Waals surface area (Å²) in [5.74, 6) is 1.38. The van der Waals surface area contributed by atoms with E-state index in [-0.39, 0.29) is 5.41 Å². The van der Waals surface area contributed by atoms with Gasteiger partial charge in [0.15, 0.2) is 5.96 Å². The number of hydrogen-bond acceptors (Lipinski definition) is 2. The fourth-order valence-corrected chi connectivity index (χ4v) is 1.73. The van der Waals surface area contributed by atoms with E-state index < -0.39 is 0 Å². The highest BCUT2D eigenvalue weighted by Gasteiger charge is 2.20. The van der Waals surface area contributed by atoms with E-state index in [1.165, 1.54) is 5.56 Å². The average molecular weight is 263 g/mol. The average Bonchev–Trinajstić information content (AvgIpc) is 2.43. The molecular weight excluding hydrogens is 238 g/mol. The molecule has 0 bridgehead atoms. The van der Waals surface area contributed by atoms with Crippen molar-refractivity contribution in [3.05, 3.63) is 29.8 Å². The first-order chi connectivity index (χ1) is 8.99. The predicted molar refractivity (Wildman–Crippen MR) is 80.8 cm³/mol. The van der Waals surface area contributed by atoms with Crippen LogP contribution in [0.3, 0.4) is 0 Å². The van der Waals surface area contributed by atoms with Crippen LogP contribution in [-0.4, -0.2) is 26.2 Å². The number of nitrogens with one attached hydrogen (secondary N) is 1. The first-order valence-electron chi connectivity index (χ1n) is 6.68. The normalized spacial score (nSPS) is 12.3. The zero-order valence-electron chi connectivity index (χ0n) is 12.4. The summed E-state index contributed by atoms with van der Waals surface area (Å²) in [4.78, 5) is 4.41. The molecule has 3 N–H and O–H groups in total. The van der Waals surface area contributed by atoms with Crippen molar-refractivity contribution in [2.45, 2.75) is 32.6 Å². The lowest BCUT2D eigenvalue weighted by Gasteiger charge is -2.23. The highest BCUT2D eigenvalue weighted by atomic mass is 16.5. The van der Waals surface area contributed by atoms with Gasteiger partial charge in [-0.2, -0.15) is 0 Å². The van der Waals surface area contributed by atoms with E-state index in [1.807, 2.05) is 18.2 Å². The Kier molecular flexibility index (Phi) is 5.67. The predicted octanol–water partition coefficient (Wildman–Crippen LogP) is 2.29. The molecule has 0 heterocycles. The Morgan fingerprint density at radius 3 is 2.79 bits per heavy atom. The summed E-state index contributed by atoms with van der Waals surface area (Å²) >= 11 is 0. The third kappa shape index (κ3) is 4.81. The number of hydrogen-bond donors (Lipinski definition) is 2. The van der Waals surface area contributed by atoms with Gasteiger partial charge >= 0.3 is 0 Å². The molecule has 0 aliphatic heterocycles. The highest BCUT2D eigenvalue weighted by Crippen LogP contribution is 2.26. The zero-order valence-corrected chi connectivity index (χ0v) is 12.4. The molecule has 0 radical (unpaired) electrons. The van der Waals surface area contributed by atoms with Crippen LogP contribution in [-0.2, 0) is 5.41 Å². The molecule has 0 aromatic heterocycles. The van der Waals surface area contributed by atoms with Gasteiger partial charge in [-0.3, -0.25) is 4.99 Å². The molecule has 1 rings (SSSR count). The Morgan fingerprint density at radius 2 is 2.16 bits per heavy atom. The molecule has 0 fully saturated rings. The van der Waals surface area contributed by atoms with E-state index in [9.17, 15) is 0 Å². The first kappa shape index (κ1) is 15.3. The van der Waals surface area contributed by atoms with Gasteiger partial charge in [-0.1, -0.05) is 32.9 Å². The Balaban J connectivity index is 2.74. The number of nitrogens with zero attached hydrogens (tertiary/aromatic N) is 1. The standard InChI is InChI=1S/C15H25N3O/c1-5-9-17-14(16)18-11-15(2,3)12-7-6-8-13(10-12)19-4/h6-8,10H,5,9,11H2,1-4H3,(H3,16,17,18). The molecule has 1 aromatic rings. The molecule has 0 saturated heterocycles. The fourth-order valence-electron chi connectivity index (χ4n) is 1.73. The van der Waals surface area contributed by atoms with Gasteiger partial charge in [-0.25, -0.2) is 0 Å². The maximum atomic E-state index is 5.82. The molecule has 0 amide bonds. The van der Waals surface area contributed by atoms with Gasteiger partial charge in [0.2, 0.25) is 0 Å². The molecule has 0 aliphatic rings. The summed E-state index contributed by atoms with van der Waals surface area (Å²) in [6.45, 7) is 7.90. The fraction of sp³-hybridized carbons (Fsp3) is 0.533. The van der Waals surface area contributed by atoms with Crippen LogP contribution in [0.5, 0.6) is 5.75 Å². The van der Waals surface area contributed by atoms with Crippen molar-refractivity contribution in [2.75, 3.05) is 20.2 Å². The van der Waals surface area contributed by atoms with Gasteiger partial charge in [0.05, 0.1) is 13.7 Å². The van der Waals surface area contributed by atoms with Crippen molar-refractivity contribution in [1.29, 1.82) is 0 Å². The first-order valence-corrected chi connectivity index (χ1v) is 6.68. The topological polar surface area (TPSA) is 59.6 Å². The second-order valence-corrected chi connectivity index (χ2v) is 5.24. The Bertz CT molecular complexity index is 427. The Hall–Kier alpha value is -1.71. The molecule has 106 valence electrons. The van der Waals surface area contributed by atoms with Crippen molar-refractivity contribution in [3.8, 4) is 5.75 Å². The SMILES string of the molecule is CCCNC(N)=NCC(C)(C)c1cccc(OC)c1. The lowest BCUT2D eigenvalue weighted by Crippen LogP contribution is -2.34. The Morgan fingerprint density at radius 1 is 1.42 bits per heavy atom. The number of benzene rings is 1. The molecule has 0 aliphatic carbocycles. The monoisotopic (exact) mass is 263 g/mol. The molecule has 0 spiro atoms. The molecule has 0 atom stereocenters. The van der Waals surface area contributed by atoms with Crippen LogP contribution >= 0.6 is 0 Å². The van der Waals surface area contributed by atoms with Crippen LogP contribution in [0.25, 0.3) is 0 Å². The molecule has 1 aromatic carbocycles. The van der Waals surface area contributed by atoms with E-state index in [0.717, 1.165) is 18.7 Å². The Labute approximate surface area is 116 Å². The largest absolute Gasteiger partial charge is 0.497 e. The molecule has 4 heteroatoms. The minimum Gasteiger partial charge on any atom is -0.497 e. The van der Waals surface area contributed by atoms with E-state index in [0.29, 0.717) is 12.5 Å². The number of methoxy groups -OCH3 is 1. The third-order valence-electron chi connectivity index (χ3n) is 3.05. The molecule has 0 saturated carbocycles. The van der Waals surface area contributed by atoms with Gasteiger partial charge in [0.1, 0.15) is 5.75 Å². The van der Waals surface area contributed by atoms with Crippen molar-refractivity contribution in [3.63, 3.8) is 0 Å². The van der Waals surface area contributed by atoms with Crippen molar-refractivity contribution < 1.29 is 4.74 Å². The second kappa shape index (κ2) is 7.02. The smallest absolute Gasteiger partial charge is 0.188 e. The molecule has 4 nitrogen and oxygen atoms in total. The second-order valence-electron chi connectivity index (χ2n) is 5.24. The summed E-state index contributed by atoms with van der Waals surface area (Å²) < 4.78 is 5.26. The van der Waals surface area contributed by atoms with Crippen LogP contribution in [0.1, 0.15) is 32.8 Å². The summed E-state index contributed by atoms with van der Waals surface area (Å²) in [6, 6.07) is 8.08. The van der Waals surface area contributed by atoms with Crippen LogP contribution in [0, 0.1) is 0 Å². The lowest BCUT2D eigenvalue weighted by atomic mass is 9.85. The molecular formula is C15H25N3O. The quantitative estimate of drug-likeness (QED) is 0.611. The van der Waals surface area contributed by atoms with Crippen LogP contribution in [0.4, 0.5) is 0 Å². The highest BCUT2D eigenvalue weighted by molar-refractivity contribution is 5.77. The van der Waals surface area contributed by atoms with E-state index >= 15 is 0 Å². The number of nitrogens with two attached hydrogens (primary N) is 1. The van der Waals surface area contributed by atoms with Gasteiger partial charge in [-0.05, 0) is 24.1 Å². The minimum absolute atomic E-state index is 0.0763. The van der Waals surface area contributed by atoms with Gasteiger partial charge in [0.25, 0.3) is 0 Å². The molecule has 0 unspecified atom stereocenters. The number of guanidine groups is 1. The molecule has 19 heavy (non-hydrogen) atoms. The van der Waals surface area contributed by atoms with Gasteiger partial charge < -0.3 is 15.8 Å². The van der Waals surface area contributed by atoms with Crippen LogP contribution in [0.15, 0.2) is 29.3 Å². The summed E-state index contributed by atoms with van der Waals surface area (Å²) in [7, 11) is 1.68. The number of rotatable bonds is 6. The summed E-state index contributed by atoms with van der Waals surface area (Å²) in [5.41, 5.74) is 6.93. The minimum atomic E-state index is -0.0763. The van der Waals surface area contributed by atoms with Crippen LogP contribution < -0.4 is 15.8 Å². The summed E-state index contributed by atoms with van der Waals surface area (Å²) in [6.07, 6.45) is 1.04. The van der Waals surface area contributed by atoms with E-state index in [1.54, 1.807) is 7.11 Å². The number of aliphatic imine (C=N–C) groups is 1. The van der Waals surface area contributed by atoms with Crippen molar-refractivity contribution >= 4 is 5.96 Å². The van der Waals surface area contributed by atoms with E-state index in [4.69, 9.17) is 10.5 Å². The lowest BCUT2D eigenvalue weighted by molar-refractivity contribution is 0.412. The maximum Gasteiger partial charge on any atom is 0.188 e. The zero-order chi connectivity index (χ0) is 14.3. The van der Waals surface area contributed by atoms with Gasteiger partial charge in [0, 0.05) is 12.0 Å². The van der Waals surface area contributed by atoms with E-state index in [2.05, 4.69) is 37.1 Å². The van der Waals surface area contributed by atoms with Crippen molar-refractivity contribution in [1.82, 2.24) is 5.32 Å². The summed E-state index contributed by atoms with van der Waals surface area (Å²) in [5, 5.41) is 3.08. The maximum absolute atomic E-state index is 5.82. The third-order valence-corrected chi connectivity index (χ3v) is 3.05. The van der Waals surface area contributed by atoms with Gasteiger partial charge in [-0.15, -0.1) is 0 Å². The van der Waals surface area contributed by atoms with Crippen LogP contribution in [0.2, 0.25) is 0 Å². The van der Waals surface area contributed by atoms with Crippen molar-refractivity contribution in [2.24, 2.45) is 10.7 Å².